The van der Waals surface area contributed by atoms with Crippen molar-refractivity contribution in [3.8, 4) is 22.6 Å². The lowest BCUT2D eigenvalue weighted by Gasteiger charge is -2.10. The summed E-state index contributed by atoms with van der Waals surface area (Å²) in [4.78, 5) is 10.9. The lowest BCUT2D eigenvalue weighted by Crippen LogP contribution is -1.99. The molecule has 132 valence electrons. The van der Waals surface area contributed by atoms with Crippen LogP contribution in [0.5, 0.6) is 11.5 Å². The van der Waals surface area contributed by atoms with Crippen molar-refractivity contribution in [3.63, 3.8) is 0 Å². The standard InChI is InChI=1S/C20H14Cl2O4/c21-17-7-4-14(9-18(17)22)13-3-1-2-12(8-13)11-26-15-5-6-16(20(24)25)19(23)10-15/h1-10,23H,11H2,(H,24,25). The van der Waals surface area contributed by atoms with E-state index in [1.165, 1.54) is 18.2 Å². The topological polar surface area (TPSA) is 66.8 Å². The van der Waals surface area contributed by atoms with E-state index in [4.69, 9.17) is 33.0 Å². The average Bonchev–Trinajstić information content (AvgIpc) is 2.62. The quantitative estimate of drug-likeness (QED) is 0.592. The van der Waals surface area contributed by atoms with Crippen molar-refractivity contribution < 1.29 is 19.7 Å². The number of hydrogen-bond acceptors (Lipinski definition) is 3. The van der Waals surface area contributed by atoms with Gasteiger partial charge in [-0.05, 0) is 47.0 Å². The largest absolute Gasteiger partial charge is 0.507 e. The Morgan fingerprint density at radius 3 is 2.38 bits per heavy atom. The zero-order chi connectivity index (χ0) is 18.7. The molecule has 0 saturated carbocycles. The molecule has 0 fully saturated rings. The molecule has 0 aliphatic heterocycles. The summed E-state index contributed by atoms with van der Waals surface area (Å²) in [6.07, 6.45) is 0. The van der Waals surface area contributed by atoms with E-state index in [2.05, 4.69) is 0 Å². The van der Waals surface area contributed by atoms with Gasteiger partial charge in [-0.25, -0.2) is 4.79 Å². The smallest absolute Gasteiger partial charge is 0.339 e. The van der Waals surface area contributed by atoms with Crippen molar-refractivity contribution in [1.82, 2.24) is 0 Å². The van der Waals surface area contributed by atoms with E-state index in [0.29, 0.717) is 15.8 Å². The van der Waals surface area contributed by atoms with Crippen LogP contribution in [0.1, 0.15) is 15.9 Å². The Hall–Kier alpha value is -2.69. The van der Waals surface area contributed by atoms with Crippen LogP contribution in [0.15, 0.2) is 60.7 Å². The van der Waals surface area contributed by atoms with Gasteiger partial charge in [-0.3, -0.25) is 0 Å². The molecular weight excluding hydrogens is 375 g/mol. The van der Waals surface area contributed by atoms with Crippen LogP contribution in [0, 0.1) is 0 Å². The van der Waals surface area contributed by atoms with Crippen LogP contribution in [0.3, 0.4) is 0 Å². The van der Waals surface area contributed by atoms with Gasteiger partial charge in [0.25, 0.3) is 0 Å². The number of benzene rings is 3. The zero-order valence-corrected chi connectivity index (χ0v) is 15.0. The Bertz CT molecular complexity index is 970. The van der Waals surface area contributed by atoms with Crippen molar-refractivity contribution in [2.45, 2.75) is 6.61 Å². The second-order valence-corrected chi connectivity index (χ2v) is 6.42. The minimum Gasteiger partial charge on any atom is -0.507 e. The molecular formula is C20H14Cl2O4. The molecule has 0 bridgehead atoms. The summed E-state index contributed by atoms with van der Waals surface area (Å²) >= 11 is 12.0. The molecule has 0 unspecified atom stereocenters. The van der Waals surface area contributed by atoms with Gasteiger partial charge in [0.15, 0.2) is 0 Å². The predicted molar refractivity (Wildman–Crippen MR) is 101 cm³/mol. The van der Waals surface area contributed by atoms with E-state index in [-0.39, 0.29) is 17.9 Å². The average molecular weight is 389 g/mol. The molecule has 0 amide bonds. The Kier molecular flexibility index (Phi) is 5.35. The van der Waals surface area contributed by atoms with Crippen LogP contribution in [0.2, 0.25) is 10.0 Å². The highest BCUT2D eigenvalue weighted by Gasteiger charge is 2.10. The summed E-state index contributed by atoms with van der Waals surface area (Å²) in [6, 6.07) is 17.3. The van der Waals surface area contributed by atoms with Crippen molar-refractivity contribution in [2.24, 2.45) is 0 Å². The number of hydrogen-bond donors (Lipinski definition) is 2. The predicted octanol–water partition coefficient (Wildman–Crippen LogP) is 5.64. The van der Waals surface area contributed by atoms with E-state index >= 15 is 0 Å². The van der Waals surface area contributed by atoms with E-state index in [1.807, 2.05) is 30.3 Å². The molecule has 2 N–H and O–H groups in total. The summed E-state index contributed by atoms with van der Waals surface area (Å²) in [6.45, 7) is 0.265. The number of phenols is 1. The number of carbonyl (C=O) groups is 1. The Morgan fingerprint density at radius 1 is 0.923 bits per heavy atom. The molecule has 6 heteroatoms. The van der Waals surface area contributed by atoms with Gasteiger partial charge in [-0.2, -0.15) is 0 Å². The molecule has 26 heavy (non-hydrogen) atoms. The molecule has 3 rings (SSSR count). The Balaban J connectivity index is 1.76. The second kappa shape index (κ2) is 7.68. The van der Waals surface area contributed by atoms with Gasteiger partial charge in [0.1, 0.15) is 23.7 Å². The van der Waals surface area contributed by atoms with Crippen LogP contribution in [0.4, 0.5) is 0 Å². The van der Waals surface area contributed by atoms with Crippen LogP contribution < -0.4 is 4.74 Å². The highest BCUT2D eigenvalue weighted by molar-refractivity contribution is 6.42. The molecule has 0 radical (unpaired) electrons. The first kappa shape index (κ1) is 18.1. The van der Waals surface area contributed by atoms with Gasteiger partial charge in [-0.15, -0.1) is 0 Å². The van der Waals surface area contributed by atoms with Gasteiger partial charge in [-0.1, -0.05) is 47.5 Å². The summed E-state index contributed by atoms with van der Waals surface area (Å²) in [5.74, 6) is -1.14. The molecule has 3 aromatic carbocycles. The van der Waals surface area contributed by atoms with Crippen molar-refractivity contribution in [1.29, 1.82) is 0 Å². The first-order chi connectivity index (χ1) is 12.4. The number of ether oxygens (including phenoxy) is 1. The number of aromatic hydroxyl groups is 1. The first-order valence-electron chi connectivity index (χ1n) is 7.67. The minimum absolute atomic E-state index is 0.168. The molecule has 0 atom stereocenters. The van der Waals surface area contributed by atoms with Crippen molar-refractivity contribution in [3.05, 3.63) is 81.8 Å². The molecule has 0 spiro atoms. The van der Waals surface area contributed by atoms with Gasteiger partial charge < -0.3 is 14.9 Å². The lowest BCUT2D eigenvalue weighted by molar-refractivity contribution is 0.0693. The highest BCUT2D eigenvalue weighted by Crippen LogP contribution is 2.29. The van der Waals surface area contributed by atoms with Crippen molar-refractivity contribution in [2.75, 3.05) is 0 Å². The van der Waals surface area contributed by atoms with E-state index in [0.717, 1.165) is 16.7 Å². The third-order valence-corrected chi connectivity index (χ3v) is 4.52. The monoisotopic (exact) mass is 388 g/mol. The van der Waals surface area contributed by atoms with Crippen molar-refractivity contribution >= 4 is 29.2 Å². The van der Waals surface area contributed by atoms with Crippen LogP contribution in [-0.2, 0) is 6.61 Å². The van der Waals surface area contributed by atoms with Gasteiger partial charge in [0, 0.05) is 6.07 Å². The summed E-state index contributed by atoms with van der Waals surface area (Å²) in [5.41, 5.74) is 2.65. The third-order valence-electron chi connectivity index (χ3n) is 3.79. The molecule has 0 aromatic heterocycles. The molecule has 0 aliphatic rings. The SMILES string of the molecule is O=C(O)c1ccc(OCc2cccc(-c3ccc(Cl)c(Cl)c3)c2)cc1O. The summed E-state index contributed by atoms with van der Waals surface area (Å²) < 4.78 is 5.64. The van der Waals surface area contributed by atoms with E-state index < -0.39 is 5.97 Å². The number of halogens is 2. The highest BCUT2D eigenvalue weighted by atomic mass is 35.5. The fourth-order valence-corrected chi connectivity index (χ4v) is 2.76. The summed E-state index contributed by atoms with van der Waals surface area (Å²) in [7, 11) is 0. The zero-order valence-electron chi connectivity index (χ0n) is 13.4. The molecule has 0 saturated heterocycles. The fourth-order valence-electron chi connectivity index (χ4n) is 2.47. The Morgan fingerprint density at radius 2 is 1.69 bits per heavy atom. The van der Waals surface area contributed by atoms with Gasteiger partial charge >= 0.3 is 5.97 Å². The molecule has 3 aromatic rings. The van der Waals surface area contributed by atoms with Gasteiger partial charge in [0.2, 0.25) is 0 Å². The van der Waals surface area contributed by atoms with E-state index in [9.17, 15) is 9.90 Å². The molecule has 4 nitrogen and oxygen atoms in total. The number of rotatable bonds is 5. The maximum Gasteiger partial charge on any atom is 0.339 e. The maximum absolute atomic E-state index is 10.9. The van der Waals surface area contributed by atoms with E-state index in [1.54, 1.807) is 12.1 Å². The second-order valence-electron chi connectivity index (χ2n) is 5.60. The number of carboxylic acid groups (broad SMARTS) is 1. The minimum atomic E-state index is -1.19. The molecule has 0 heterocycles. The number of aromatic carboxylic acids is 1. The van der Waals surface area contributed by atoms with Crippen LogP contribution >= 0.6 is 23.2 Å². The lowest BCUT2D eigenvalue weighted by atomic mass is 10.0. The van der Waals surface area contributed by atoms with Crippen LogP contribution in [-0.4, -0.2) is 16.2 Å². The molecule has 0 aliphatic carbocycles. The summed E-state index contributed by atoms with van der Waals surface area (Å²) in [5, 5.41) is 19.6. The fraction of sp³-hybridized carbons (Fsp3) is 0.0500. The third kappa shape index (κ3) is 4.10. The Labute approximate surface area is 160 Å². The first-order valence-corrected chi connectivity index (χ1v) is 8.43. The van der Waals surface area contributed by atoms with Gasteiger partial charge in [0.05, 0.1) is 10.0 Å². The van der Waals surface area contributed by atoms with Crippen LogP contribution in [0.25, 0.3) is 11.1 Å². The maximum atomic E-state index is 10.9. The normalized spacial score (nSPS) is 10.5. The number of carboxylic acids is 1.